The van der Waals surface area contributed by atoms with Gasteiger partial charge in [0.2, 0.25) is 0 Å². The van der Waals surface area contributed by atoms with Crippen molar-refractivity contribution in [1.29, 1.82) is 0 Å². The Morgan fingerprint density at radius 3 is 2.22 bits per heavy atom. The number of carboxylic acids is 1. The third-order valence-corrected chi connectivity index (χ3v) is 5.35. The zero-order valence-corrected chi connectivity index (χ0v) is 16.6. The number of carbonyl (C=O) groups is 2. The third-order valence-electron chi connectivity index (χ3n) is 4.00. The summed E-state index contributed by atoms with van der Waals surface area (Å²) in [6.45, 7) is 0. The molecule has 0 aliphatic rings. The number of amides is 1. The molecular formula is C20H13F3N2O6S. The van der Waals surface area contributed by atoms with Crippen molar-refractivity contribution in [2.24, 2.45) is 0 Å². The molecule has 0 bridgehead atoms. The van der Waals surface area contributed by atoms with E-state index in [1.165, 1.54) is 24.3 Å². The summed E-state index contributed by atoms with van der Waals surface area (Å²) in [5.41, 5.74) is -1.40. The van der Waals surface area contributed by atoms with E-state index in [1.807, 2.05) is 4.72 Å². The SMILES string of the molecule is O=C(NS(=O)(=O)c1ccc(Oc2cccc(C(F)(F)F)c2)cc1)c1ccc(C(=O)O)nc1. The van der Waals surface area contributed by atoms with Crippen molar-refractivity contribution in [3.63, 3.8) is 0 Å². The number of nitrogens with one attached hydrogen (secondary N) is 1. The summed E-state index contributed by atoms with van der Waals surface area (Å²) in [5.74, 6) is -2.36. The van der Waals surface area contributed by atoms with Gasteiger partial charge in [0, 0.05) is 6.20 Å². The predicted octanol–water partition coefficient (Wildman–Crippen LogP) is 3.71. The zero-order chi connectivity index (χ0) is 23.5. The maximum Gasteiger partial charge on any atom is 0.416 e. The molecule has 2 aromatic carbocycles. The number of carbonyl (C=O) groups excluding carboxylic acids is 1. The first kappa shape index (κ1) is 22.7. The second-order valence-corrected chi connectivity index (χ2v) is 7.95. The number of halogens is 3. The highest BCUT2D eigenvalue weighted by molar-refractivity contribution is 7.90. The molecule has 12 heteroatoms. The van der Waals surface area contributed by atoms with Gasteiger partial charge >= 0.3 is 12.1 Å². The second kappa shape index (κ2) is 8.67. The minimum atomic E-state index is -4.54. The van der Waals surface area contributed by atoms with E-state index in [2.05, 4.69) is 4.98 Å². The van der Waals surface area contributed by atoms with E-state index in [0.29, 0.717) is 0 Å². The fourth-order valence-corrected chi connectivity index (χ4v) is 3.43. The van der Waals surface area contributed by atoms with Gasteiger partial charge in [0.05, 0.1) is 16.0 Å². The van der Waals surface area contributed by atoms with E-state index in [-0.39, 0.29) is 27.7 Å². The van der Waals surface area contributed by atoms with Gasteiger partial charge in [0.15, 0.2) is 0 Å². The zero-order valence-electron chi connectivity index (χ0n) is 15.8. The number of nitrogens with zero attached hydrogens (tertiary/aromatic N) is 1. The van der Waals surface area contributed by atoms with Gasteiger partial charge in [-0.05, 0) is 54.6 Å². The van der Waals surface area contributed by atoms with E-state index in [4.69, 9.17) is 9.84 Å². The Hall–Kier alpha value is -3.93. The molecule has 8 nitrogen and oxygen atoms in total. The number of hydrogen-bond donors (Lipinski definition) is 2. The highest BCUT2D eigenvalue weighted by Gasteiger charge is 2.30. The lowest BCUT2D eigenvalue weighted by Crippen LogP contribution is -2.30. The first-order chi connectivity index (χ1) is 15.0. The number of ether oxygens (including phenoxy) is 1. The highest BCUT2D eigenvalue weighted by Crippen LogP contribution is 2.32. The largest absolute Gasteiger partial charge is 0.477 e. The Morgan fingerprint density at radius 2 is 1.66 bits per heavy atom. The number of carboxylic acid groups (broad SMARTS) is 1. The van der Waals surface area contributed by atoms with Crippen LogP contribution in [0.4, 0.5) is 13.2 Å². The molecule has 32 heavy (non-hydrogen) atoms. The molecule has 166 valence electrons. The van der Waals surface area contributed by atoms with Crippen LogP contribution in [0, 0.1) is 0 Å². The molecule has 0 fully saturated rings. The van der Waals surface area contributed by atoms with Gasteiger partial charge in [-0.1, -0.05) is 6.07 Å². The summed E-state index contributed by atoms with van der Waals surface area (Å²) < 4.78 is 70.3. The topological polar surface area (TPSA) is 123 Å². The Morgan fingerprint density at radius 1 is 0.969 bits per heavy atom. The van der Waals surface area contributed by atoms with Crippen LogP contribution in [-0.4, -0.2) is 30.4 Å². The van der Waals surface area contributed by atoms with Crippen molar-refractivity contribution in [3.05, 3.63) is 83.7 Å². The average Bonchev–Trinajstić information content (AvgIpc) is 2.73. The van der Waals surface area contributed by atoms with Crippen molar-refractivity contribution in [2.75, 3.05) is 0 Å². The third kappa shape index (κ3) is 5.40. The summed E-state index contributed by atoms with van der Waals surface area (Å²) in [5, 5.41) is 8.79. The molecule has 0 aliphatic carbocycles. The van der Waals surface area contributed by atoms with E-state index in [0.717, 1.165) is 42.6 Å². The van der Waals surface area contributed by atoms with Crippen molar-refractivity contribution in [3.8, 4) is 11.5 Å². The predicted molar refractivity (Wildman–Crippen MR) is 104 cm³/mol. The van der Waals surface area contributed by atoms with Crippen molar-refractivity contribution in [2.45, 2.75) is 11.1 Å². The molecule has 2 N–H and O–H groups in total. The first-order valence-electron chi connectivity index (χ1n) is 8.67. The van der Waals surface area contributed by atoms with Crippen LogP contribution >= 0.6 is 0 Å². The molecule has 0 saturated heterocycles. The number of hydrogen-bond acceptors (Lipinski definition) is 6. The maximum atomic E-state index is 12.8. The quantitative estimate of drug-likeness (QED) is 0.568. The van der Waals surface area contributed by atoms with Crippen LogP contribution in [0.1, 0.15) is 26.4 Å². The Labute approximate surface area is 179 Å². The van der Waals surface area contributed by atoms with Gasteiger partial charge in [-0.25, -0.2) is 22.9 Å². The lowest BCUT2D eigenvalue weighted by atomic mass is 10.2. The van der Waals surface area contributed by atoms with Crippen LogP contribution in [0.2, 0.25) is 0 Å². The van der Waals surface area contributed by atoms with Gasteiger partial charge in [-0.3, -0.25) is 4.79 Å². The lowest BCUT2D eigenvalue weighted by Gasteiger charge is -2.11. The van der Waals surface area contributed by atoms with Crippen LogP contribution in [0.25, 0.3) is 0 Å². The lowest BCUT2D eigenvalue weighted by molar-refractivity contribution is -0.137. The number of alkyl halides is 3. The fourth-order valence-electron chi connectivity index (χ4n) is 2.45. The molecule has 3 rings (SSSR count). The average molecular weight is 466 g/mol. The van der Waals surface area contributed by atoms with Crippen LogP contribution in [0.5, 0.6) is 11.5 Å². The van der Waals surface area contributed by atoms with Crippen molar-refractivity contribution >= 4 is 21.9 Å². The monoisotopic (exact) mass is 466 g/mol. The van der Waals surface area contributed by atoms with Gasteiger partial charge in [0.1, 0.15) is 17.2 Å². The van der Waals surface area contributed by atoms with E-state index in [9.17, 15) is 31.2 Å². The summed E-state index contributed by atoms with van der Waals surface area (Å²) in [6, 6.07) is 10.9. The van der Waals surface area contributed by atoms with Gasteiger partial charge in [0.25, 0.3) is 15.9 Å². The second-order valence-electron chi connectivity index (χ2n) is 6.27. The highest BCUT2D eigenvalue weighted by atomic mass is 32.2. The fraction of sp³-hybridized carbons (Fsp3) is 0.0500. The summed E-state index contributed by atoms with van der Waals surface area (Å²) in [6.07, 6.45) is -3.63. The molecule has 0 radical (unpaired) electrons. The smallest absolute Gasteiger partial charge is 0.416 e. The van der Waals surface area contributed by atoms with E-state index >= 15 is 0 Å². The summed E-state index contributed by atoms with van der Waals surface area (Å²) in [4.78, 5) is 26.1. The molecule has 0 atom stereocenters. The maximum absolute atomic E-state index is 12.8. The number of benzene rings is 2. The number of aromatic nitrogens is 1. The van der Waals surface area contributed by atoms with Crippen LogP contribution in [0.15, 0.2) is 71.8 Å². The molecule has 0 aliphatic heterocycles. The minimum Gasteiger partial charge on any atom is -0.477 e. The van der Waals surface area contributed by atoms with Crippen molar-refractivity contribution in [1.82, 2.24) is 9.71 Å². The van der Waals surface area contributed by atoms with Crippen LogP contribution in [0.3, 0.4) is 0 Å². The number of rotatable bonds is 6. The van der Waals surface area contributed by atoms with Crippen LogP contribution < -0.4 is 9.46 Å². The summed E-state index contributed by atoms with van der Waals surface area (Å²) in [7, 11) is -4.30. The van der Waals surface area contributed by atoms with Gasteiger partial charge in [-0.2, -0.15) is 13.2 Å². The first-order valence-corrected chi connectivity index (χ1v) is 10.2. The van der Waals surface area contributed by atoms with E-state index in [1.54, 1.807) is 0 Å². The molecular weight excluding hydrogens is 453 g/mol. The molecule has 1 amide bonds. The van der Waals surface area contributed by atoms with Gasteiger partial charge in [-0.15, -0.1) is 0 Å². The molecule has 1 aromatic heterocycles. The van der Waals surface area contributed by atoms with E-state index < -0.39 is 33.6 Å². The molecule has 0 unspecified atom stereocenters. The minimum absolute atomic E-state index is 0.0723. The Balaban J connectivity index is 1.72. The normalized spacial score (nSPS) is 11.6. The van der Waals surface area contributed by atoms with Crippen molar-refractivity contribution < 1.29 is 41.0 Å². The van der Waals surface area contributed by atoms with Gasteiger partial charge < -0.3 is 9.84 Å². The molecule has 0 spiro atoms. The van der Waals surface area contributed by atoms with Crippen LogP contribution in [-0.2, 0) is 16.2 Å². The summed E-state index contributed by atoms with van der Waals surface area (Å²) >= 11 is 0. The number of pyridine rings is 1. The standard InChI is InChI=1S/C20H13F3N2O6S/c21-20(22,23)13-2-1-3-15(10-13)31-14-5-7-16(8-6-14)32(29,30)25-18(26)12-4-9-17(19(27)28)24-11-12/h1-11H,(H,25,26)(H,27,28). The number of aromatic carboxylic acids is 1. The number of sulfonamides is 1. The molecule has 3 aromatic rings. The molecule has 1 heterocycles. The Kier molecular flexibility index (Phi) is 6.16. The Bertz CT molecular complexity index is 1260. The molecule has 0 saturated carbocycles.